The van der Waals surface area contributed by atoms with Crippen molar-refractivity contribution < 1.29 is 19.1 Å². The van der Waals surface area contributed by atoms with Gasteiger partial charge in [0.05, 0.1) is 19.8 Å². The first-order valence-electron chi connectivity index (χ1n) is 6.42. The molecule has 5 heteroatoms. The predicted molar refractivity (Wildman–Crippen MR) is 62.8 cm³/mol. The first kappa shape index (κ1) is 11.7. The van der Waals surface area contributed by atoms with Gasteiger partial charge in [0.15, 0.2) is 0 Å². The van der Waals surface area contributed by atoms with Crippen LogP contribution < -0.4 is 0 Å². The van der Waals surface area contributed by atoms with Gasteiger partial charge in [-0.2, -0.15) is 0 Å². The zero-order valence-electron chi connectivity index (χ0n) is 10.5. The van der Waals surface area contributed by atoms with Crippen molar-refractivity contribution in [1.82, 2.24) is 4.90 Å². The van der Waals surface area contributed by atoms with Crippen LogP contribution in [-0.4, -0.2) is 48.7 Å². The third kappa shape index (κ3) is 1.50. The molecular formula is C13H17NO4. The summed E-state index contributed by atoms with van der Waals surface area (Å²) in [5.74, 6) is -0.175. The van der Waals surface area contributed by atoms with Gasteiger partial charge in [0.2, 0.25) is 5.91 Å². The number of rotatable bonds is 2. The van der Waals surface area contributed by atoms with Gasteiger partial charge in [-0.15, -0.1) is 0 Å². The molecule has 3 saturated heterocycles. The van der Waals surface area contributed by atoms with Crippen LogP contribution in [0.2, 0.25) is 0 Å². The predicted octanol–water partition coefficient (Wildman–Crippen LogP) is 0.641. The summed E-state index contributed by atoms with van der Waals surface area (Å²) in [5, 5.41) is 0. The maximum Gasteiger partial charge on any atom is 0.332 e. The molecule has 3 aliphatic rings. The molecule has 3 heterocycles. The first-order chi connectivity index (χ1) is 8.67. The van der Waals surface area contributed by atoms with E-state index in [4.69, 9.17) is 9.47 Å². The van der Waals surface area contributed by atoms with E-state index in [-0.39, 0.29) is 11.9 Å². The topological polar surface area (TPSA) is 55.8 Å². The van der Waals surface area contributed by atoms with Crippen molar-refractivity contribution in [3.05, 3.63) is 11.1 Å². The lowest BCUT2D eigenvalue weighted by Crippen LogP contribution is -2.48. The molecule has 5 nitrogen and oxygen atoms in total. The molecule has 0 aromatic heterocycles. The van der Waals surface area contributed by atoms with Gasteiger partial charge in [-0.3, -0.25) is 4.79 Å². The van der Waals surface area contributed by atoms with Gasteiger partial charge in [0.1, 0.15) is 5.54 Å². The molecule has 0 aromatic rings. The lowest BCUT2D eigenvalue weighted by molar-refractivity contribution is -0.157. The summed E-state index contributed by atoms with van der Waals surface area (Å²) in [7, 11) is 0. The molecular weight excluding hydrogens is 234 g/mol. The van der Waals surface area contributed by atoms with Crippen LogP contribution in [0.5, 0.6) is 0 Å². The number of ether oxygens (including phenoxy) is 2. The van der Waals surface area contributed by atoms with Crippen molar-refractivity contribution in [3.8, 4) is 0 Å². The molecule has 0 aliphatic carbocycles. The average molecular weight is 251 g/mol. The lowest BCUT2D eigenvalue weighted by Gasteiger charge is -2.28. The van der Waals surface area contributed by atoms with E-state index >= 15 is 0 Å². The molecule has 0 saturated carbocycles. The monoisotopic (exact) mass is 251 g/mol. The largest absolute Gasteiger partial charge is 0.464 e. The van der Waals surface area contributed by atoms with Crippen molar-refractivity contribution in [1.29, 1.82) is 0 Å². The Morgan fingerprint density at radius 3 is 2.83 bits per heavy atom. The average Bonchev–Trinajstić information content (AvgIpc) is 2.77. The number of esters is 1. The maximum atomic E-state index is 12.2. The lowest BCUT2D eigenvalue weighted by atomic mass is 9.90. The van der Waals surface area contributed by atoms with Crippen LogP contribution in [0, 0.1) is 0 Å². The second kappa shape index (κ2) is 4.09. The molecule has 1 atom stereocenters. The first-order valence-corrected chi connectivity index (χ1v) is 6.42. The Bertz CT molecular complexity index is 436. The van der Waals surface area contributed by atoms with Crippen LogP contribution in [0.15, 0.2) is 11.1 Å². The minimum Gasteiger partial charge on any atom is -0.464 e. The highest BCUT2D eigenvalue weighted by molar-refractivity contribution is 5.93. The maximum absolute atomic E-state index is 12.2. The molecule has 0 spiro atoms. The Morgan fingerprint density at radius 1 is 1.44 bits per heavy atom. The second-order valence-corrected chi connectivity index (χ2v) is 5.11. The fraction of sp³-hybridized carbons (Fsp3) is 0.692. The van der Waals surface area contributed by atoms with Crippen LogP contribution in [-0.2, 0) is 19.1 Å². The minimum atomic E-state index is -0.717. The van der Waals surface area contributed by atoms with Crippen molar-refractivity contribution in [3.63, 3.8) is 0 Å². The number of nitrogens with zero attached hydrogens (tertiary/aromatic N) is 1. The van der Waals surface area contributed by atoms with Crippen LogP contribution in [0.1, 0.15) is 26.2 Å². The Kier molecular flexibility index (Phi) is 2.66. The third-order valence-electron chi connectivity index (χ3n) is 4.13. The number of carbonyl (C=O) groups excluding carboxylic acids is 2. The minimum absolute atomic E-state index is 0.0684. The molecule has 1 amide bonds. The van der Waals surface area contributed by atoms with Crippen molar-refractivity contribution in [2.75, 3.05) is 26.4 Å². The molecule has 3 aliphatic heterocycles. The Hall–Kier alpha value is -1.36. The van der Waals surface area contributed by atoms with E-state index in [2.05, 4.69) is 0 Å². The van der Waals surface area contributed by atoms with Crippen LogP contribution in [0.4, 0.5) is 0 Å². The molecule has 0 bridgehead atoms. The van der Waals surface area contributed by atoms with Gasteiger partial charge in [-0.05, 0) is 24.5 Å². The van der Waals surface area contributed by atoms with Gasteiger partial charge in [0, 0.05) is 19.4 Å². The van der Waals surface area contributed by atoms with Gasteiger partial charge < -0.3 is 14.4 Å². The summed E-state index contributed by atoms with van der Waals surface area (Å²) >= 11 is 0. The van der Waals surface area contributed by atoms with E-state index < -0.39 is 5.54 Å². The summed E-state index contributed by atoms with van der Waals surface area (Å²) < 4.78 is 10.3. The molecule has 3 fully saturated rings. The summed E-state index contributed by atoms with van der Waals surface area (Å²) in [4.78, 5) is 25.8. The van der Waals surface area contributed by atoms with E-state index in [1.54, 1.807) is 11.8 Å². The molecule has 0 N–H and O–H groups in total. The Balaban J connectivity index is 1.90. The summed E-state index contributed by atoms with van der Waals surface area (Å²) in [5.41, 5.74) is 1.73. The molecule has 18 heavy (non-hydrogen) atoms. The van der Waals surface area contributed by atoms with E-state index in [0.29, 0.717) is 45.6 Å². The van der Waals surface area contributed by atoms with E-state index in [0.717, 1.165) is 0 Å². The standard InChI is InChI=1S/C13H17NO4/c1-2-18-12(16)13-4-3-11(15)14(13)6-9(5-13)10-7-17-8-10/h2-8H2,1H3/t13-/m0/s1. The van der Waals surface area contributed by atoms with Gasteiger partial charge in [-0.1, -0.05) is 0 Å². The number of hydrogen-bond donors (Lipinski definition) is 0. The molecule has 98 valence electrons. The number of carbonyl (C=O) groups is 2. The fourth-order valence-electron chi connectivity index (χ4n) is 3.04. The quantitative estimate of drug-likeness (QED) is 0.534. The van der Waals surface area contributed by atoms with Gasteiger partial charge >= 0.3 is 5.97 Å². The number of fused-ring (bicyclic) bond motifs is 1. The van der Waals surface area contributed by atoms with E-state index in [1.165, 1.54) is 11.1 Å². The third-order valence-corrected chi connectivity index (χ3v) is 4.13. The number of amides is 1. The van der Waals surface area contributed by atoms with Crippen LogP contribution in [0.3, 0.4) is 0 Å². The van der Waals surface area contributed by atoms with Crippen LogP contribution >= 0.6 is 0 Å². The molecule has 3 rings (SSSR count). The molecule has 0 radical (unpaired) electrons. The van der Waals surface area contributed by atoms with Gasteiger partial charge in [-0.25, -0.2) is 4.79 Å². The highest BCUT2D eigenvalue weighted by Crippen LogP contribution is 2.44. The normalized spacial score (nSPS) is 30.5. The second-order valence-electron chi connectivity index (χ2n) is 5.11. The van der Waals surface area contributed by atoms with Crippen molar-refractivity contribution in [2.45, 2.75) is 31.7 Å². The number of hydrogen-bond acceptors (Lipinski definition) is 4. The SMILES string of the molecule is CCOC(=O)[C@@]12CCC(=O)N1CC(=C1COC1)C2. The molecule has 0 unspecified atom stereocenters. The summed E-state index contributed by atoms with van der Waals surface area (Å²) in [6.07, 6.45) is 1.68. The summed E-state index contributed by atoms with van der Waals surface area (Å²) in [6, 6.07) is 0. The smallest absolute Gasteiger partial charge is 0.332 e. The van der Waals surface area contributed by atoms with E-state index in [1.807, 2.05) is 0 Å². The van der Waals surface area contributed by atoms with Crippen LogP contribution in [0.25, 0.3) is 0 Å². The van der Waals surface area contributed by atoms with Gasteiger partial charge in [0.25, 0.3) is 0 Å². The Labute approximate surface area is 106 Å². The fourth-order valence-corrected chi connectivity index (χ4v) is 3.04. The van der Waals surface area contributed by atoms with Crippen molar-refractivity contribution in [2.24, 2.45) is 0 Å². The zero-order valence-corrected chi connectivity index (χ0v) is 10.5. The highest BCUT2D eigenvalue weighted by Gasteiger charge is 2.56. The molecule has 0 aromatic carbocycles. The zero-order chi connectivity index (χ0) is 12.8. The van der Waals surface area contributed by atoms with E-state index in [9.17, 15) is 9.59 Å². The Morgan fingerprint density at radius 2 is 2.22 bits per heavy atom. The summed E-state index contributed by atoms with van der Waals surface area (Å²) in [6.45, 7) is 4.03. The van der Waals surface area contributed by atoms with Crippen molar-refractivity contribution >= 4 is 11.9 Å². The highest BCUT2D eigenvalue weighted by atomic mass is 16.5.